The van der Waals surface area contributed by atoms with Crippen LogP contribution in [0.1, 0.15) is 49.7 Å². The molecule has 9 heteroatoms. The van der Waals surface area contributed by atoms with Crippen molar-refractivity contribution in [2.24, 2.45) is 0 Å². The van der Waals surface area contributed by atoms with Gasteiger partial charge in [0.2, 0.25) is 5.91 Å². The van der Waals surface area contributed by atoms with Gasteiger partial charge in [0.15, 0.2) is 0 Å². The van der Waals surface area contributed by atoms with Crippen molar-refractivity contribution in [1.29, 1.82) is 0 Å². The molecule has 9 nitrogen and oxygen atoms in total. The summed E-state index contributed by atoms with van der Waals surface area (Å²) < 4.78 is 10.0. The quantitative estimate of drug-likeness (QED) is 0.419. The van der Waals surface area contributed by atoms with Gasteiger partial charge in [-0.25, -0.2) is 9.59 Å². The maximum atomic E-state index is 12.5. The lowest BCUT2D eigenvalue weighted by atomic mass is 9.98. The van der Waals surface area contributed by atoms with Gasteiger partial charge in [-0.15, -0.1) is 0 Å². The second-order valence-corrected chi connectivity index (χ2v) is 8.35. The summed E-state index contributed by atoms with van der Waals surface area (Å²) in [6, 6.07) is 14.3. The van der Waals surface area contributed by atoms with Gasteiger partial charge in [0.1, 0.15) is 12.6 Å². The number of alkyl carbamates (subject to hydrolysis) is 1. The second kappa shape index (κ2) is 12.0. The summed E-state index contributed by atoms with van der Waals surface area (Å²) in [5.74, 6) is -2.44. The van der Waals surface area contributed by atoms with Crippen molar-refractivity contribution in [3.63, 3.8) is 0 Å². The molecule has 1 aliphatic rings. The van der Waals surface area contributed by atoms with Crippen LogP contribution >= 0.6 is 0 Å². The van der Waals surface area contributed by atoms with Gasteiger partial charge >= 0.3 is 18.0 Å². The van der Waals surface area contributed by atoms with Crippen molar-refractivity contribution >= 4 is 23.9 Å². The van der Waals surface area contributed by atoms with E-state index in [-0.39, 0.29) is 31.8 Å². The van der Waals surface area contributed by atoms with Crippen molar-refractivity contribution < 1.29 is 33.8 Å². The number of carbonyl (C=O) groups excluding carboxylic acids is 3. The van der Waals surface area contributed by atoms with Crippen molar-refractivity contribution in [3.8, 4) is 11.1 Å². The molecule has 0 radical (unpaired) electrons. The summed E-state index contributed by atoms with van der Waals surface area (Å²) in [5, 5.41) is 14.4. The van der Waals surface area contributed by atoms with Crippen molar-refractivity contribution in [1.82, 2.24) is 10.6 Å². The Morgan fingerprint density at radius 1 is 0.971 bits per heavy atom. The normalized spacial score (nSPS) is 13.7. The molecule has 2 amide bonds. The standard InChI is InChI=1S/C26H30N2O7/c1-3-16(14-23(29)28-22(25(31)32)12-13-24(30)34-2)27-26(33)35-15-21-19-10-6-4-8-17(19)18-9-5-7-11-20(18)21/h4-11,16,21-22H,3,12-15H2,1-2H3,(H,27,33)(H,28,29)(H,31,32)/t16?,22-/m0/s1. The molecule has 0 saturated heterocycles. The van der Waals surface area contributed by atoms with E-state index in [0.29, 0.717) is 6.42 Å². The highest BCUT2D eigenvalue weighted by atomic mass is 16.5. The fourth-order valence-corrected chi connectivity index (χ4v) is 4.20. The minimum atomic E-state index is -1.25. The smallest absolute Gasteiger partial charge is 0.407 e. The van der Waals surface area contributed by atoms with Crippen LogP contribution in [0.3, 0.4) is 0 Å². The third kappa shape index (κ3) is 6.59. The lowest BCUT2D eigenvalue weighted by molar-refractivity contribution is -0.144. The Kier molecular flexibility index (Phi) is 8.83. The van der Waals surface area contributed by atoms with E-state index in [1.807, 2.05) is 36.4 Å². The van der Waals surface area contributed by atoms with Gasteiger partial charge in [0, 0.05) is 24.8 Å². The van der Waals surface area contributed by atoms with E-state index in [1.165, 1.54) is 7.11 Å². The van der Waals surface area contributed by atoms with Crippen molar-refractivity contribution in [2.45, 2.75) is 50.6 Å². The number of carbonyl (C=O) groups is 4. The Hall–Kier alpha value is -3.88. The lowest BCUT2D eigenvalue weighted by Crippen LogP contribution is -2.45. The Morgan fingerprint density at radius 2 is 1.57 bits per heavy atom. The number of hydrogen-bond donors (Lipinski definition) is 3. The number of carboxylic acids is 1. The topological polar surface area (TPSA) is 131 Å². The molecule has 0 aromatic heterocycles. The van der Waals surface area contributed by atoms with Gasteiger partial charge < -0.3 is 25.2 Å². The zero-order valence-corrected chi connectivity index (χ0v) is 19.8. The van der Waals surface area contributed by atoms with Crippen LogP contribution in [0.4, 0.5) is 4.79 Å². The van der Waals surface area contributed by atoms with Gasteiger partial charge in [-0.2, -0.15) is 0 Å². The maximum Gasteiger partial charge on any atom is 0.407 e. The molecule has 186 valence electrons. The van der Waals surface area contributed by atoms with Gasteiger partial charge in [0.05, 0.1) is 7.11 Å². The van der Waals surface area contributed by atoms with E-state index in [2.05, 4.69) is 27.5 Å². The fraction of sp³-hybridized carbons (Fsp3) is 0.385. The van der Waals surface area contributed by atoms with Crippen LogP contribution in [0.25, 0.3) is 11.1 Å². The van der Waals surface area contributed by atoms with Gasteiger partial charge in [0.25, 0.3) is 0 Å². The average Bonchev–Trinajstić information content (AvgIpc) is 3.18. The first-order valence-corrected chi connectivity index (χ1v) is 11.5. The van der Waals surface area contributed by atoms with E-state index < -0.39 is 36.0 Å². The molecule has 2 atom stereocenters. The molecule has 1 aliphatic carbocycles. The number of rotatable bonds is 11. The van der Waals surface area contributed by atoms with Gasteiger partial charge in [-0.1, -0.05) is 55.5 Å². The molecule has 0 heterocycles. The van der Waals surface area contributed by atoms with Crippen LogP contribution in [0, 0.1) is 0 Å². The molecular weight excluding hydrogens is 452 g/mol. The summed E-state index contributed by atoms with van der Waals surface area (Å²) in [6.07, 6.45) is -0.556. The highest BCUT2D eigenvalue weighted by Gasteiger charge is 2.29. The number of fused-ring (bicyclic) bond motifs is 3. The van der Waals surface area contributed by atoms with E-state index in [4.69, 9.17) is 4.74 Å². The molecule has 3 N–H and O–H groups in total. The number of hydrogen-bond acceptors (Lipinski definition) is 6. The van der Waals surface area contributed by atoms with E-state index in [1.54, 1.807) is 6.92 Å². The second-order valence-electron chi connectivity index (χ2n) is 8.35. The first-order valence-electron chi connectivity index (χ1n) is 11.5. The summed E-state index contributed by atoms with van der Waals surface area (Å²) in [5.41, 5.74) is 4.44. The monoisotopic (exact) mass is 482 g/mol. The van der Waals surface area contributed by atoms with Crippen LogP contribution in [0.2, 0.25) is 0 Å². The molecule has 3 rings (SSSR count). The molecule has 0 fully saturated rings. The van der Waals surface area contributed by atoms with Crippen molar-refractivity contribution in [3.05, 3.63) is 59.7 Å². The zero-order chi connectivity index (χ0) is 25.4. The first-order chi connectivity index (χ1) is 16.8. The third-order valence-electron chi connectivity index (χ3n) is 6.09. The molecule has 0 aliphatic heterocycles. The number of benzene rings is 2. The molecule has 1 unspecified atom stereocenters. The minimum absolute atomic E-state index is 0.0809. The number of esters is 1. The maximum absolute atomic E-state index is 12.5. The van der Waals surface area contributed by atoms with Crippen LogP contribution in [-0.4, -0.2) is 54.8 Å². The molecule has 2 aromatic rings. The van der Waals surface area contributed by atoms with Gasteiger partial charge in [-0.05, 0) is 35.1 Å². The Morgan fingerprint density at radius 3 is 2.11 bits per heavy atom. The summed E-state index contributed by atoms with van der Waals surface area (Å²) in [4.78, 5) is 47.6. The van der Waals surface area contributed by atoms with Crippen LogP contribution in [-0.2, 0) is 23.9 Å². The molecule has 0 bridgehead atoms. The van der Waals surface area contributed by atoms with Crippen LogP contribution < -0.4 is 10.6 Å². The number of nitrogens with one attached hydrogen (secondary N) is 2. The third-order valence-corrected chi connectivity index (χ3v) is 6.09. The Bertz CT molecular complexity index is 1040. The highest BCUT2D eigenvalue weighted by Crippen LogP contribution is 2.44. The summed E-state index contributed by atoms with van der Waals surface area (Å²) in [7, 11) is 1.21. The zero-order valence-electron chi connectivity index (χ0n) is 19.8. The molecule has 35 heavy (non-hydrogen) atoms. The predicted molar refractivity (Wildman–Crippen MR) is 128 cm³/mol. The number of ether oxygens (including phenoxy) is 2. The minimum Gasteiger partial charge on any atom is -0.480 e. The van der Waals surface area contributed by atoms with Crippen LogP contribution in [0.5, 0.6) is 0 Å². The SMILES string of the molecule is CCC(CC(=O)N[C@@H](CCC(=O)OC)C(=O)O)NC(=O)OCC1c2ccccc2-c2ccccc21. The molecular formula is C26H30N2O7. The van der Waals surface area contributed by atoms with E-state index in [0.717, 1.165) is 22.3 Å². The Labute approximate surface area is 203 Å². The molecule has 0 spiro atoms. The Balaban J connectivity index is 1.53. The average molecular weight is 483 g/mol. The van der Waals surface area contributed by atoms with Gasteiger partial charge in [-0.3, -0.25) is 9.59 Å². The van der Waals surface area contributed by atoms with Crippen molar-refractivity contribution in [2.75, 3.05) is 13.7 Å². The largest absolute Gasteiger partial charge is 0.480 e. The highest BCUT2D eigenvalue weighted by molar-refractivity contribution is 5.84. The number of carboxylic acid groups (broad SMARTS) is 1. The number of aliphatic carboxylic acids is 1. The predicted octanol–water partition coefficient (Wildman–Crippen LogP) is 3.22. The summed E-state index contributed by atoms with van der Waals surface area (Å²) >= 11 is 0. The lowest BCUT2D eigenvalue weighted by Gasteiger charge is -2.20. The molecule has 0 saturated carbocycles. The fourth-order valence-electron chi connectivity index (χ4n) is 4.20. The number of amides is 2. The van der Waals surface area contributed by atoms with E-state index >= 15 is 0 Å². The first kappa shape index (κ1) is 25.7. The molecule has 2 aromatic carbocycles. The van der Waals surface area contributed by atoms with Crippen LogP contribution in [0.15, 0.2) is 48.5 Å². The van der Waals surface area contributed by atoms with E-state index in [9.17, 15) is 24.3 Å². The number of methoxy groups -OCH3 is 1. The summed E-state index contributed by atoms with van der Waals surface area (Å²) in [6.45, 7) is 1.95.